The van der Waals surface area contributed by atoms with Gasteiger partial charge in [0.2, 0.25) is 0 Å². The van der Waals surface area contributed by atoms with Crippen molar-refractivity contribution < 1.29 is 29.1 Å². The maximum Gasteiger partial charge on any atom is 0.337 e. The number of para-hydroxylation sites is 2. The predicted octanol–water partition coefficient (Wildman–Crippen LogP) is 0.0646. The van der Waals surface area contributed by atoms with Crippen LogP contribution in [0.15, 0.2) is 53.3 Å². The summed E-state index contributed by atoms with van der Waals surface area (Å²) in [6, 6.07) is 13.6. The highest BCUT2D eigenvalue weighted by molar-refractivity contribution is 5.89. The maximum atomic E-state index is 12.9. The second kappa shape index (κ2) is 12.5. The van der Waals surface area contributed by atoms with E-state index in [0.717, 1.165) is 31.4 Å². The van der Waals surface area contributed by atoms with Crippen LogP contribution >= 0.6 is 0 Å². The minimum absolute atomic E-state index is 0.184. The van der Waals surface area contributed by atoms with E-state index in [9.17, 15) is 19.5 Å². The van der Waals surface area contributed by atoms with Gasteiger partial charge in [-0.2, -0.15) is 0 Å². The molecule has 0 spiro atoms. The van der Waals surface area contributed by atoms with Gasteiger partial charge in [0, 0.05) is 25.9 Å². The van der Waals surface area contributed by atoms with Crippen LogP contribution in [0.2, 0.25) is 0 Å². The topological polar surface area (TPSA) is 131 Å². The lowest BCUT2D eigenvalue weighted by Gasteiger charge is -2.32. The number of rotatable bonds is 10. The van der Waals surface area contributed by atoms with Crippen LogP contribution in [-0.2, 0) is 6.54 Å². The molecule has 38 heavy (non-hydrogen) atoms. The predicted molar refractivity (Wildman–Crippen MR) is 140 cm³/mol. The van der Waals surface area contributed by atoms with Crippen molar-refractivity contribution in [2.45, 2.75) is 32.4 Å². The molecule has 1 unspecified atom stereocenters. The lowest BCUT2D eigenvalue weighted by atomic mass is 9.96. The van der Waals surface area contributed by atoms with Crippen LogP contribution in [0.4, 0.5) is 9.59 Å². The molecule has 2 aromatic carbocycles. The molecular weight excluding hydrogens is 490 g/mol. The first kappa shape index (κ1) is 27.1. The molecule has 0 bridgehead atoms. The van der Waals surface area contributed by atoms with Crippen molar-refractivity contribution in [1.82, 2.24) is 19.8 Å². The molecule has 2 heterocycles. The highest BCUT2D eigenvalue weighted by Crippen LogP contribution is 2.17. The second-order valence-corrected chi connectivity index (χ2v) is 9.55. The summed E-state index contributed by atoms with van der Waals surface area (Å²) in [5, 5.41) is 16.6. The van der Waals surface area contributed by atoms with Gasteiger partial charge >= 0.3 is 11.7 Å². The SMILES string of the molecule is CCn1c(=O)n(C(=O)NCC2CC[NH+](CC(COc3ccc(OC)cc3)NC(=O)[O-])CC2)c2ccccc21. The van der Waals surface area contributed by atoms with E-state index in [2.05, 4.69) is 10.6 Å². The number of imidazole rings is 1. The number of amides is 2. The van der Waals surface area contributed by atoms with Crippen LogP contribution in [0.1, 0.15) is 19.8 Å². The Morgan fingerprint density at radius 3 is 2.37 bits per heavy atom. The fraction of sp³-hybridized carbons (Fsp3) is 0.444. The molecule has 1 saturated heterocycles. The smallest absolute Gasteiger partial charge is 0.337 e. The van der Waals surface area contributed by atoms with Crippen LogP contribution in [0.25, 0.3) is 11.0 Å². The zero-order valence-electron chi connectivity index (χ0n) is 21.8. The molecule has 11 heteroatoms. The van der Waals surface area contributed by atoms with Gasteiger partial charge in [-0.25, -0.2) is 14.2 Å². The van der Waals surface area contributed by atoms with Gasteiger partial charge in [0.15, 0.2) is 0 Å². The summed E-state index contributed by atoms with van der Waals surface area (Å²) in [6.07, 6.45) is 0.419. The molecule has 204 valence electrons. The van der Waals surface area contributed by atoms with E-state index >= 15 is 0 Å². The van der Waals surface area contributed by atoms with E-state index in [-0.39, 0.29) is 18.2 Å². The summed E-state index contributed by atoms with van der Waals surface area (Å²) in [6.45, 7) is 5.26. The van der Waals surface area contributed by atoms with Gasteiger partial charge in [0.25, 0.3) is 0 Å². The Hall–Kier alpha value is -3.99. The molecule has 1 atom stereocenters. The average molecular weight is 526 g/mol. The molecule has 4 rings (SSSR count). The monoisotopic (exact) mass is 525 g/mol. The van der Waals surface area contributed by atoms with Gasteiger partial charge in [-0.1, -0.05) is 12.1 Å². The van der Waals surface area contributed by atoms with Crippen LogP contribution < -0.4 is 35.8 Å². The Morgan fingerprint density at radius 2 is 1.74 bits per heavy atom. The second-order valence-electron chi connectivity index (χ2n) is 9.55. The zero-order chi connectivity index (χ0) is 27.1. The van der Waals surface area contributed by atoms with Crippen molar-refractivity contribution in [2.24, 2.45) is 5.92 Å². The van der Waals surface area contributed by atoms with Crippen molar-refractivity contribution in [2.75, 3.05) is 39.9 Å². The number of hydrogen-bond donors (Lipinski definition) is 3. The number of benzene rings is 2. The van der Waals surface area contributed by atoms with E-state index in [0.29, 0.717) is 36.6 Å². The number of methoxy groups -OCH3 is 1. The standard InChI is InChI=1S/C27H35N5O6/c1-3-31-23-6-4-5-7-24(23)32(27(31)36)25(33)28-16-19-12-14-30(15-13-19)17-20(29-26(34)35)18-38-22-10-8-21(37-2)9-11-22/h4-11,19-20,29H,3,12-18H2,1-2H3,(H,28,33)(H,34,35). The molecule has 3 aromatic rings. The summed E-state index contributed by atoms with van der Waals surface area (Å²) in [4.78, 5) is 38.2. The quantitative estimate of drug-likeness (QED) is 0.343. The number of nitrogens with zero attached hydrogens (tertiary/aromatic N) is 2. The Labute approximate surface area is 220 Å². The third-order valence-electron chi connectivity index (χ3n) is 7.08. The number of nitrogens with one attached hydrogen (secondary N) is 3. The lowest BCUT2D eigenvalue weighted by Crippen LogP contribution is -3.14. The van der Waals surface area contributed by atoms with Crippen LogP contribution in [0.3, 0.4) is 0 Å². The molecule has 0 aliphatic carbocycles. The number of aryl methyl sites for hydroxylation is 1. The number of quaternary nitrogens is 1. The van der Waals surface area contributed by atoms with E-state index in [1.54, 1.807) is 42.0 Å². The summed E-state index contributed by atoms with van der Waals surface area (Å²) in [5.74, 6) is 1.62. The van der Waals surface area contributed by atoms with E-state index in [4.69, 9.17) is 9.47 Å². The summed E-state index contributed by atoms with van der Waals surface area (Å²) in [5.41, 5.74) is 0.996. The maximum absolute atomic E-state index is 12.9. The average Bonchev–Trinajstić information content (AvgIpc) is 3.22. The lowest BCUT2D eigenvalue weighted by molar-refractivity contribution is -0.907. The fourth-order valence-electron chi connectivity index (χ4n) is 5.05. The molecular formula is C27H35N5O6. The number of carboxylic acid groups (broad SMARTS) is 1. The van der Waals surface area contributed by atoms with Gasteiger partial charge in [0.05, 0.1) is 31.2 Å². The number of hydrogen-bond acceptors (Lipinski definition) is 6. The number of ether oxygens (including phenoxy) is 2. The third kappa shape index (κ3) is 6.46. The van der Waals surface area contributed by atoms with Crippen LogP contribution in [0, 0.1) is 5.92 Å². The number of carbonyl (C=O) groups excluding carboxylic acids is 2. The van der Waals surface area contributed by atoms with Crippen molar-refractivity contribution in [3.63, 3.8) is 0 Å². The van der Waals surface area contributed by atoms with Gasteiger partial charge in [-0.3, -0.25) is 4.57 Å². The minimum atomic E-state index is -1.33. The van der Waals surface area contributed by atoms with Gasteiger partial charge in [-0.05, 0) is 49.2 Å². The molecule has 0 saturated carbocycles. The first-order valence-corrected chi connectivity index (χ1v) is 13.0. The van der Waals surface area contributed by atoms with Gasteiger partial charge in [-0.15, -0.1) is 0 Å². The summed E-state index contributed by atoms with van der Waals surface area (Å²) >= 11 is 0. The summed E-state index contributed by atoms with van der Waals surface area (Å²) < 4.78 is 13.7. The number of fused-ring (bicyclic) bond motifs is 1. The minimum Gasteiger partial charge on any atom is -0.530 e. The molecule has 0 radical (unpaired) electrons. The van der Waals surface area contributed by atoms with Crippen LogP contribution in [0.5, 0.6) is 11.5 Å². The number of carbonyl (C=O) groups is 2. The largest absolute Gasteiger partial charge is 0.530 e. The first-order chi connectivity index (χ1) is 18.4. The Balaban J connectivity index is 1.27. The number of piperidine rings is 1. The molecule has 1 aromatic heterocycles. The summed E-state index contributed by atoms with van der Waals surface area (Å²) in [7, 11) is 1.59. The van der Waals surface area contributed by atoms with Crippen molar-refractivity contribution in [3.8, 4) is 11.5 Å². The highest BCUT2D eigenvalue weighted by Gasteiger charge is 2.26. The molecule has 11 nitrogen and oxygen atoms in total. The molecule has 2 amide bonds. The Morgan fingerprint density at radius 1 is 1.08 bits per heavy atom. The fourth-order valence-corrected chi connectivity index (χ4v) is 5.05. The first-order valence-electron chi connectivity index (χ1n) is 13.0. The van der Waals surface area contributed by atoms with Crippen molar-refractivity contribution in [1.29, 1.82) is 0 Å². The van der Waals surface area contributed by atoms with E-state index < -0.39 is 18.2 Å². The van der Waals surface area contributed by atoms with Crippen LogP contribution in [-0.4, -0.2) is 67.2 Å². The Bertz CT molecular complexity index is 1290. The molecule has 1 aliphatic heterocycles. The molecule has 3 N–H and O–H groups in total. The van der Waals surface area contributed by atoms with E-state index in [1.165, 1.54) is 9.47 Å². The normalized spacial score (nSPS) is 18.1. The Kier molecular flexibility index (Phi) is 8.90. The van der Waals surface area contributed by atoms with E-state index in [1.807, 2.05) is 25.1 Å². The van der Waals surface area contributed by atoms with Gasteiger partial charge < -0.3 is 34.9 Å². The molecule has 1 fully saturated rings. The third-order valence-corrected chi connectivity index (χ3v) is 7.08. The van der Waals surface area contributed by atoms with Crippen molar-refractivity contribution >= 4 is 23.2 Å². The van der Waals surface area contributed by atoms with Gasteiger partial charge in [0.1, 0.15) is 36.8 Å². The molecule has 1 aliphatic rings. The number of aromatic nitrogens is 2. The number of likely N-dealkylation sites (tertiary alicyclic amines) is 1. The zero-order valence-corrected chi connectivity index (χ0v) is 21.8. The highest BCUT2D eigenvalue weighted by atomic mass is 16.5. The van der Waals surface area contributed by atoms with Crippen molar-refractivity contribution in [3.05, 3.63) is 59.0 Å².